The molecule has 1 aromatic carbocycles. The molecule has 21 heavy (non-hydrogen) atoms. The van der Waals surface area contributed by atoms with Crippen LogP contribution in [0.2, 0.25) is 0 Å². The molecule has 0 amide bonds. The van der Waals surface area contributed by atoms with Crippen LogP contribution in [0.1, 0.15) is 5.82 Å². The highest BCUT2D eigenvalue weighted by atomic mass is 16.6. The SMILES string of the molecule is Cn1cnnc1CNc1ccc([N+](=O)[O-])c2cccnc12. The van der Waals surface area contributed by atoms with Crippen molar-refractivity contribution in [2.24, 2.45) is 7.05 Å². The zero-order valence-corrected chi connectivity index (χ0v) is 11.2. The summed E-state index contributed by atoms with van der Waals surface area (Å²) in [6.07, 6.45) is 3.22. The second-order valence-electron chi connectivity index (χ2n) is 4.50. The van der Waals surface area contributed by atoms with Gasteiger partial charge in [-0.15, -0.1) is 10.2 Å². The molecule has 3 aromatic rings. The first-order valence-corrected chi connectivity index (χ1v) is 6.25. The second-order valence-corrected chi connectivity index (χ2v) is 4.50. The van der Waals surface area contributed by atoms with Gasteiger partial charge in [-0.3, -0.25) is 15.1 Å². The quantitative estimate of drug-likeness (QED) is 0.580. The minimum Gasteiger partial charge on any atom is -0.376 e. The molecule has 2 heterocycles. The maximum Gasteiger partial charge on any atom is 0.278 e. The summed E-state index contributed by atoms with van der Waals surface area (Å²) >= 11 is 0. The first-order chi connectivity index (χ1) is 10.2. The molecule has 2 aromatic heterocycles. The van der Waals surface area contributed by atoms with Gasteiger partial charge in [0.25, 0.3) is 5.69 Å². The Kier molecular flexibility index (Phi) is 3.19. The summed E-state index contributed by atoms with van der Waals surface area (Å²) in [5.41, 5.74) is 1.33. The average Bonchev–Trinajstić information content (AvgIpc) is 2.89. The van der Waals surface area contributed by atoms with Crippen LogP contribution in [0.15, 0.2) is 36.8 Å². The molecule has 106 valence electrons. The summed E-state index contributed by atoms with van der Waals surface area (Å²) in [6, 6.07) is 6.50. The van der Waals surface area contributed by atoms with Crippen molar-refractivity contribution in [3.63, 3.8) is 0 Å². The molecule has 3 rings (SSSR count). The fourth-order valence-electron chi connectivity index (χ4n) is 2.10. The van der Waals surface area contributed by atoms with Crippen LogP contribution in [0.3, 0.4) is 0 Å². The van der Waals surface area contributed by atoms with Gasteiger partial charge in [0.2, 0.25) is 0 Å². The van der Waals surface area contributed by atoms with E-state index in [0.717, 1.165) is 11.5 Å². The largest absolute Gasteiger partial charge is 0.376 e. The van der Waals surface area contributed by atoms with Crippen molar-refractivity contribution < 1.29 is 4.92 Å². The monoisotopic (exact) mass is 284 g/mol. The number of aryl methyl sites for hydroxylation is 1. The van der Waals surface area contributed by atoms with E-state index in [-0.39, 0.29) is 5.69 Å². The Morgan fingerprint density at radius 1 is 1.38 bits per heavy atom. The topological polar surface area (TPSA) is 98.8 Å². The number of nitrogens with one attached hydrogen (secondary N) is 1. The summed E-state index contributed by atoms with van der Waals surface area (Å²) < 4.78 is 1.80. The molecule has 8 nitrogen and oxygen atoms in total. The van der Waals surface area contributed by atoms with E-state index in [1.807, 2.05) is 7.05 Å². The third kappa shape index (κ3) is 2.38. The van der Waals surface area contributed by atoms with Crippen LogP contribution >= 0.6 is 0 Å². The molecule has 1 N–H and O–H groups in total. The number of hydrogen-bond acceptors (Lipinski definition) is 6. The van der Waals surface area contributed by atoms with Crippen molar-refractivity contribution >= 4 is 22.3 Å². The molecule has 0 saturated carbocycles. The van der Waals surface area contributed by atoms with Gasteiger partial charge in [-0.1, -0.05) is 0 Å². The fraction of sp³-hybridized carbons (Fsp3) is 0.154. The summed E-state index contributed by atoms with van der Waals surface area (Å²) in [5.74, 6) is 0.762. The standard InChI is InChI=1S/C13H12N6O2/c1-18-8-16-17-12(18)7-15-10-4-5-11(19(20)21)9-3-2-6-14-13(9)10/h2-6,8,15H,7H2,1H3. The van der Waals surface area contributed by atoms with E-state index < -0.39 is 4.92 Å². The fourth-order valence-corrected chi connectivity index (χ4v) is 2.10. The number of non-ortho nitro benzene ring substituents is 1. The van der Waals surface area contributed by atoms with E-state index in [4.69, 9.17) is 0 Å². The number of rotatable bonds is 4. The van der Waals surface area contributed by atoms with Crippen molar-refractivity contribution in [2.45, 2.75) is 6.54 Å². The molecule has 0 aliphatic carbocycles. The Labute approximate surface area is 119 Å². The predicted molar refractivity (Wildman–Crippen MR) is 76.7 cm³/mol. The maximum atomic E-state index is 11.1. The molecule has 0 atom stereocenters. The lowest BCUT2D eigenvalue weighted by Crippen LogP contribution is -2.06. The number of hydrogen-bond donors (Lipinski definition) is 1. The highest BCUT2D eigenvalue weighted by Gasteiger charge is 2.15. The lowest BCUT2D eigenvalue weighted by molar-refractivity contribution is -0.383. The van der Waals surface area contributed by atoms with Gasteiger partial charge in [0.05, 0.1) is 22.5 Å². The zero-order chi connectivity index (χ0) is 14.8. The number of nitro benzene ring substituents is 1. The number of aromatic nitrogens is 4. The zero-order valence-electron chi connectivity index (χ0n) is 11.2. The summed E-state index contributed by atoms with van der Waals surface area (Å²) in [7, 11) is 1.85. The molecule has 0 radical (unpaired) electrons. The number of anilines is 1. The Hall–Kier alpha value is -3.03. The van der Waals surface area contributed by atoms with Crippen molar-refractivity contribution in [3.05, 3.63) is 52.7 Å². The van der Waals surface area contributed by atoms with Gasteiger partial charge in [0, 0.05) is 19.3 Å². The Balaban J connectivity index is 1.98. The van der Waals surface area contributed by atoms with E-state index in [9.17, 15) is 10.1 Å². The van der Waals surface area contributed by atoms with Crippen LogP contribution in [0, 0.1) is 10.1 Å². The Bertz CT molecular complexity index is 813. The number of pyridine rings is 1. The predicted octanol–water partition coefficient (Wildman–Crippen LogP) is 1.88. The number of benzene rings is 1. The van der Waals surface area contributed by atoms with E-state index >= 15 is 0 Å². The van der Waals surface area contributed by atoms with Crippen LogP contribution < -0.4 is 5.32 Å². The molecule has 0 bridgehead atoms. The van der Waals surface area contributed by atoms with E-state index in [1.54, 1.807) is 35.3 Å². The van der Waals surface area contributed by atoms with Crippen LogP contribution in [0.5, 0.6) is 0 Å². The van der Waals surface area contributed by atoms with Crippen LogP contribution in [-0.2, 0) is 13.6 Å². The van der Waals surface area contributed by atoms with Crippen molar-refractivity contribution in [1.82, 2.24) is 19.7 Å². The van der Waals surface area contributed by atoms with Crippen LogP contribution in [0.4, 0.5) is 11.4 Å². The van der Waals surface area contributed by atoms with Gasteiger partial charge in [0.15, 0.2) is 5.82 Å². The molecule has 8 heteroatoms. The smallest absolute Gasteiger partial charge is 0.278 e. The molecule has 0 fully saturated rings. The van der Waals surface area contributed by atoms with Gasteiger partial charge in [-0.05, 0) is 18.2 Å². The molecular formula is C13H12N6O2. The first kappa shape index (κ1) is 13.0. The van der Waals surface area contributed by atoms with E-state index in [0.29, 0.717) is 17.4 Å². The second kappa shape index (κ2) is 5.16. The molecule has 0 spiro atoms. The lowest BCUT2D eigenvalue weighted by Gasteiger charge is -2.08. The number of fused-ring (bicyclic) bond motifs is 1. The molecular weight excluding hydrogens is 272 g/mol. The Morgan fingerprint density at radius 3 is 2.95 bits per heavy atom. The highest BCUT2D eigenvalue weighted by Crippen LogP contribution is 2.29. The molecule has 0 aliphatic heterocycles. The third-order valence-electron chi connectivity index (χ3n) is 3.19. The normalized spacial score (nSPS) is 10.7. The number of nitrogens with zero attached hydrogens (tertiary/aromatic N) is 5. The number of nitro groups is 1. The van der Waals surface area contributed by atoms with Crippen molar-refractivity contribution in [2.75, 3.05) is 5.32 Å². The maximum absolute atomic E-state index is 11.1. The van der Waals surface area contributed by atoms with Gasteiger partial charge in [0.1, 0.15) is 11.8 Å². The summed E-state index contributed by atoms with van der Waals surface area (Å²) in [4.78, 5) is 14.9. The summed E-state index contributed by atoms with van der Waals surface area (Å²) in [5, 5.41) is 22.5. The van der Waals surface area contributed by atoms with Gasteiger partial charge in [-0.2, -0.15) is 0 Å². The van der Waals surface area contributed by atoms with Gasteiger partial charge >= 0.3 is 0 Å². The Morgan fingerprint density at radius 2 is 2.24 bits per heavy atom. The molecule has 0 saturated heterocycles. The first-order valence-electron chi connectivity index (χ1n) is 6.25. The minimum absolute atomic E-state index is 0.0438. The van der Waals surface area contributed by atoms with Gasteiger partial charge < -0.3 is 9.88 Å². The molecule has 0 unspecified atom stereocenters. The third-order valence-corrected chi connectivity index (χ3v) is 3.19. The summed E-state index contributed by atoms with van der Waals surface area (Å²) in [6.45, 7) is 0.458. The lowest BCUT2D eigenvalue weighted by atomic mass is 10.1. The molecule has 0 aliphatic rings. The van der Waals surface area contributed by atoms with Crippen molar-refractivity contribution in [1.29, 1.82) is 0 Å². The highest BCUT2D eigenvalue weighted by molar-refractivity contribution is 5.96. The van der Waals surface area contributed by atoms with E-state index in [1.165, 1.54) is 6.07 Å². The van der Waals surface area contributed by atoms with Crippen molar-refractivity contribution in [3.8, 4) is 0 Å². The van der Waals surface area contributed by atoms with Crippen LogP contribution in [0.25, 0.3) is 10.9 Å². The average molecular weight is 284 g/mol. The minimum atomic E-state index is -0.406. The van der Waals surface area contributed by atoms with E-state index in [2.05, 4.69) is 20.5 Å². The van der Waals surface area contributed by atoms with Crippen LogP contribution in [-0.4, -0.2) is 24.7 Å². The van der Waals surface area contributed by atoms with Gasteiger partial charge in [-0.25, -0.2) is 0 Å².